The highest BCUT2D eigenvalue weighted by molar-refractivity contribution is 7.46. The molecule has 0 saturated carbocycles. The van der Waals surface area contributed by atoms with Gasteiger partial charge in [-0.3, -0.25) is 0 Å². The Kier molecular flexibility index (Phi) is 8.42. The van der Waals surface area contributed by atoms with Crippen molar-refractivity contribution in [2.45, 2.75) is 19.1 Å². The molecular formula is C19H21NO6P+. The number of ether oxygens (including phenoxy) is 2. The first-order chi connectivity index (χ1) is 13.1. The summed E-state index contributed by atoms with van der Waals surface area (Å²) in [6.07, 6.45) is -0.680. The summed E-state index contributed by atoms with van der Waals surface area (Å²) in [5, 5.41) is 11.7. The van der Waals surface area contributed by atoms with E-state index in [-0.39, 0.29) is 25.9 Å². The van der Waals surface area contributed by atoms with Crippen LogP contribution in [-0.4, -0.2) is 35.7 Å². The third-order valence-electron chi connectivity index (χ3n) is 3.54. The van der Waals surface area contributed by atoms with Crippen LogP contribution in [0.15, 0.2) is 60.7 Å². The van der Waals surface area contributed by atoms with Gasteiger partial charge in [-0.2, -0.15) is 0 Å². The summed E-state index contributed by atoms with van der Waals surface area (Å²) in [5.41, 5.74) is 1.63. The van der Waals surface area contributed by atoms with Crippen molar-refractivity contribution in [2.75, 3.05) is 12.7 Å². The van der Waals surface area contributed by atoms with Gasteiger partial charge in [-0.15, -0.1) is 0 Å². The first kappa shape index (κ1) is 20.6. The Bertz CT molecular complexity index is 753. The molecule has 0 bridgehead atoms. The number of carboxylic acid groups (broad SMARTS) is 1. The summed E-state index contributed by atoms with van der Waals surface area (Å²) < 4.78 is 22.5. The van der Waals surface area contributed by atoms with Gasteiger partial charge in [-0.1, -0.05) is 65.2 Å². The molecule has 142 valence electrons. The molecule has 0 heterocycles. The first-order valence-corrected chi connectivity index (χ1v) is 9.84. The smallest absolute Gasteiger partial charge is 0.407 e. The lowest BCUT2D eigenvalue weighted by Gasteiger charge is -2.07. The van der Waals surface area contributed by atoms with Gasteiger partial charge in [0, 0.05) is 0 Å². The zero-order valence-corrected chi connectivity index (χ0v) is 15.5. The number of alkyl carbamates (subject to hydrolysis) is 1. The molecule has 0 aliphatic heterocycles. The Morgan fingerprint density at radius 3 is 2.07 bits per heavy atom. The topological polar surface area (TPSA) is 102 Å². The summed E-state index contributed by atoms with van der Waals surface area (Å²) in [6, 6.07) is 18.2. The lowest BCUT2D eigenvalue weighted by Crippen LogP contribution is -2.28. The van der Waals surface area contributed by atoms with Crippen LogP contribution in [0.2, 0.25) is 0 Å². The van der Waals surface area contributed by atoms with Crippen molar-refractivity contribution in [3.8, 4) is 0 Å². The highest BCUT2D eigenvalue weighted by Crippen LogP contribution is 2.29. The van der Waals surface area contributed by atoms with Gasteiger partial charge in [0.1, 0.15) is 6.61 Å². The van der Waals surface area contributed by atoms with Crippen LogP contribution in [-0.2, 0) is 32.0 Å². The predicted octanol–water partition coefficient (Wildman–Crippen LogP) is 3.37. The van der Waals surface area contributed by atoms with Crippen molar-refractivity contribution in [2.24, 2.45) is 0 Å². The van der Waals surface area contributed by atoms with Crippen LogP contribution < -0.4 is 5.32 Å². The van der Waals surface area contributed by atoms with E-state index in [0.717, 1.165) is 11.1 Å². The van der Waals surface area contributed by atoms with Gasteiger partial charge in [-0.25, -0.2) is 9.59 Å². The number of rotatable bonds is 10. The fourth-order valence-electron chi connectivity index (χ4n) is 2.19. The Hall–Kier alpha value is -2.76. The molecule has 2 atom stereocenters. The molecule has 2 aromatic rings. The second-order valence-corrected chi connectivity index (χ2v) is 7.37. The minimum atomic E-state index is -2.21. The number of carbonyl (C=O) groups excluding carboxylic acids is 1. The van der Waals surface area contributed by atoms with E-state index in [2.05, 4.69) is 5.32 Å². The van der Waals surface area contributed by atoms with Crippen molar-refractivity contribution in [1.29, 1.82) is 0 Å². The fraction of sp³-hybridized carbons (Fsp3) is 0.263. The van der Waals surface area contributed by atoms with Crippen LogP contribution in [0.4, 0.5) is 4.79 Å². The van der Waals surface area contributed by atoms with E-state index in [1.165, 1.54) is 0 Å². The van der Waals surface area contributed by atoms with Gasteiger partial charge >= 0.3 is 25.7 Å². The number of aliphatic carboxylic acids is 1. The maximum atomic E-state index is 12.2. The van der Waals surface area contributed by atoms with E-state index in [9.17, 15) is 19.3 Å². The summed E-state index contributed by atoms with van der Waals surface area (Å²) in [4.78, 5) is 22.9. The van der Waals surface area contributed by atoms with Crippen molar-refractivity contribution in [3.05, 3.63) is 71.8 Å². The Morgan fingerprint density at radius 2 is 1.52 bits per heavy atom. The average molecular weight is 390 g/mol. The van der Waals surface area contributed by atoms with Gasteiger partial charge in [0.15, 0.2) is 6.16 Å². The molecule has 0 radical (unpaired) electrons. The van der Waals surface area contributed by atoms with Crippen molar-refractivity contribution in [3.63, 3.8) is 0 Å². The van der Waals surface area contributed by atoms with Crippen LogP contribution in [0.1, 0.15) is 11.1 Å². The molecule has 1 amide bonds. The molecule has 0 aliphatic rings. The molecule has 0 aromatic heterocycles. The van der Waals surface area contributed by atoms with E-state index in [1.807, 2.05) is 36.4 Å². The zero-order valence-electron chi connectivity index (χ0n) is 14.6. The number of carboxylic acids is 1. The van der Waals surface area contributed by atoms with E-state index < -0.39 is 25.7 Å². The van der Waals surface area contributed by atoms with Gasteiger partial charge in [0.25, 0.3) is 0 Å². The fourth-order valence-corrected chi connectivity index (χ4v) is 3.24. The molecule has 0 spiro atoms. The predicted molar refractivity (Wildman–Crippen MR) is 99.8 cm³/mol. The third kappa shape index (κ3) is 7.56. The standard InChI is InChI=1S/C19H20NO6P/c21-17(22)18(25-13-15-7-3-1-4-8-15)27(24)12-11-20-19(23)26-14-16-9-5-2-6-10-16/h1-10,18H,11-14H2,(H-,20,21,22,23)/p+1. The summed E-state index contributed by atoms with van der Waals surface area (Å²) in [5.74, 6) is -2.72. The van der Waals surface area contributed by atoms with E-state index in [1.54, 1.807) is 24.3 Å². The number of carbonyl (C=O) groups is 2. The molecule has 2 aromatic carbocycles. The van der Waals surface area contributed by atoms with Crippen LogP contribution in [0.3, 0.4) is 0 Å². The van der Waals surface area contributed by atoms with Crippen molar-refractivity contribution < 1.29 is 28.7 Å². The number of amides is 1. The summed E-state index contributed by atoms with van der Waals surface area (Å²) in [7, 11) is -2.21. The second kappa shape index (κ2) is 11.1. The minimum Gasteiger partial charge on any atom is -0.476 e. The van der Waals surface area contributed by atoms with Crippen LogP contribution in [0.5, 0.6) is 0 Å². The van der Waals surface area contributed by atoms with Crippen LogP contribution >= 0.6 is 7.80 Å². The number of hydrogen-bond donors (Lipinski definition) is 2. The van der Waals surface area contributed by atoms with Gasteiger partial charge < -0.3 is 19.9 Å². The number of benzene rings is 2. The molecule has 8 heteroatoms. The number of nitrogens with one attached hydrogen (secondary N) is 1. The molecule has 0 saturated heterocycles. The quantitative estimate of drug-likeness (QED) is 0.603. The van der Waals surface area contributed by atoms with Crippen LogP contribution in [0, 0.1) is 0 Å². The van der Waals surface area contributed by atoms with E-state index >= 15 is 0 Å². The van der Waals surface area contributed by atoms with Crippen molar-refractivity contribution >= 4 is 19.9 Å². The lowest BCUT2D eigenvalue weighted by molar-refractivity contribution is -0.145. The molecule has 2 rings (SSSR count). The third-order valence-corrected chi connectivity index (χ3v) is 5.10. The Labute approximate surface area is 158 Å². The SMILES string of the molecule is O=C(NCC[P+](=O)C(OCc1ccccc1)C(=O)O)OCc1ccccc1. The molecule has 0 aliphatic carbocycles. The highest BCUT2D eigenvalue weighted by atomic mass is 31.1. The van der Waals surface area contributed by atoms with E-state index in [4.69, 9.17) is 9.47 Å². The Balaban J connectivity index is 1.71. The molecule has 2 N–H and O–H groups in total. The van der Waals surface area contributed by atoms with E-state index in [0.29, 0.717) is 0 Å². The molecular weight excluding hydrogens is 369 g/mol. The molecule has 0 fully saturated rings. The summed E-state index contributed by atoms with van der Waals surface area (Å²) >= 11 is 0. The van der Waals surface area contributed by atoms with Gasteiger partial charge in [-0.05, 0) is 11.1 Å². The van der Waals surface area contributed by atoms with Gasteiger partial charge in [0.2, 0.25) is 0 Å². The maximum Gasteiger partial charge on any atom is 0.407 e. The molecule has 27 heavy (non-hydrogen) atoms. The molecule has 7 nitrogen and oxygen atoms in total. The first-order valence-electron chi connectivity index (χ1n) is 8.33. The minimum absolute atomic E-state index is 0.0263. The average Bonchev–Trinajstić information content (AvgIpc) is 2.68. The normalized spacial score (nSPS) is 12.1. The highest BCUT2D eigenvalue weighted by Gasteiger charge is 2.38. The second-order valence-electron chi connectivity index (χ2n) is 5.62. The largest absolute Gasteiger partial charge is 0.476 e. The number of hydrogen-bond acceptors (Lipinski definition) is 5. The monoisotopic (exact) mass is 390 g/mol. The lowest BCUT2D eigenvalue weighted by atomic mass is 10.2. The Morgan fingerprint density at radius 1 is 0.963 bits per heavy atom. The molecule has 2 unspecified atom stereocenters. The zero-order chi connectivity index (χ0) is 19.5. The van der Waals surface area contributed by atoms with Gasteiger partial charge in [0.05, 0.1) is 13.2 Å². The summed E-state index contributed by atoms with van der Waals surface area (Å²) in [6.45, 7) is 0.198. The maximum absolute atomic E-state index is 12.2. The van der Waals surface area contributed by atoms with Crippen LogP contribution in [0.25, 0.3) is 0 Å². The van der Waals surface area contributed by atoms with Crippen molar-refractivity contribution in [1.82, 2.24) is 5.32 Å².